The van der Waals surface area contributed by atoms with Crippen LogP contribution in [0.2, 0.25) is 0 Å². The summed E-state index contributed by atoms with van der Waals surface area (Å²) in [6.07, 6.45) is 0. The molecule has 0 saturated heterocycles. The molecule has 19 heavy (non-hydrogen) atoms. The van der Waals surface area contributed by atoms with Crippen LogP contribution < -0.4 is 5.32 Å². The monoisotopic (exact) mass is 273 g/mol. The third-order valence-corrected chi connectivity index (χ3v) is 3.84. The minimum Gasteiger partial charge on any atom is -0.350 e. The Morgan fingerprint density at radius 3 is 2.74 bits per heavy atom. The van der Waals surface area contributed by atoms with Crippen molar-refractivity contribution in [3.63, 3.8) is 0 Å². The maximum Gasteiger partial charge on any atom is 0.206 e. The number of rotatable bonds is 3. The molecule has 2 heterocycles. The zero-order valence-corrected chi connectivity index (χ0v) is 11.9. The molecule has 5 nitrogen and oxygen atoms in total. The molecule has 0 radical (unpaired) electrons. The Morgan fingerprint density at radius 1 is 1.26 bits per heavy atom. The van der Waals surface area contributed by atoms with E-state index in [2.05, 4.69) is 38.1 Å². The fourth-order valence-corrected chi connectivity index (χ4v) is 2.83. The molecule has 0 amide bonds. The highest BCUT2D eigenvalue weighted by atomic mass is 32.1. The van der Waals surface area contributed by atoms with E-state index in [4.69, 9.17) is 0 Å². The van der Waals surface area contributed by atoms with E-state index in [1.807, 2.05) is 32.2 Å². The quantitative estimate of drug-likeness (QED) is 0.797. The van der Waals surface area contributed by atoms with Gasteiger partial charge in [0.05, 0.1) is 17.1 Å². The Labute approximate surface area is 115 Å². The first-order valence-corrected chi connectivity index (χ1v) is 6.95. The molecule has 0 aliphatic heterocycles. The lowest BCUT2D eigenvalue weighted by atomic mass is 10.3. The van der Waals surface area contributed by atoms with Gasteiger partial charge in [0.15, 0.2) is 0 Å². The molecule has 3 rings (SSSR count). The molecule has 1 atom stereocenters. The summed E-state index contributed by atoms with van der Waals surface area (Å²) in [7, 11) is 2.04. The molecule has 1 unspecified atom stereocenters. The van der Waals surface area contributed by atoms with Crippen LogP contribution in [0.5, 0.6) is 0 Å². The summed E-state index contributed by atoms with van der Waals surface area (Å²) in [5, 5.41) is 13.2. The summed E-state index contributed by atoms with van der Waals surface area (Å²) >= 11 is 1.55. The number of imidazole rings is 1. The molecule has 0 fully saturated rings. The fourth-order valence-electron chi connectivity index (χ4n) is 2.16. The first kappa shape index (κ1) is 12.1. The number of anilines is 1. The van der Waals surface area contributed by atoms with Crippen molar-refractivity contribution in [1.29, 1.82) is 0 Å². The Bertz CT molecular complexity index is 715. The average Bonchev–Trinajstić information content (AvgIpc) is 2.94. The van der Waals surface area contributed by atoms with Crippen LogP contribution in [0.1, 0.15) is 23.8 Å². The molecule has 0 spiro atoms. The fraction of sp³-hybridized carbons (Fsp3) is 0.308. The number of hydrogen-bond acceptors (Lipinski definition) is 5. The molecule has 0 aliphatic rings. The van der Waals surface area contributed by atoms with Gasteiger partial charge < -0.3 is 9.88 Å². The van der Waals surface area contributed by atoms with Gasteiger partial charge in [-0.25, -0.2) is 4.98 Å². The lowest BCUT2D eigenvalue weighted by molar-refractivity contribution is 0.731. The van der Waals surface area contributed by atoms with E-state index >= 15 is 0 Å². The summed E-state index contributed by atoms with van der Waals surface area (Å²) in [5.41, 5.74) is 2.15. The second-order valence-corrected chi connectivity index (χ2v) is 5.69. The van der Waals surface area contributed by atoms with E-state index in [0.29, 0.717) is 0 Å². The summed E-state index contributed by atoms with van der Waals surface area (Å²) < 4.78 is 2.11. The largest absolute Gasteiger partial charge is 0.350 e. The van der Waals surface area contributed by atoms with Crippen molar-refractivity contribution in [3.8, 4) is 0 Å². The van der Waals surface area contributed by atoms with Crippen LogP contribution in [0.15, 0.2) is 24.3 Å². The third-order valence-electron chi connectivity index (χ3n) is 3.08. The lowest BCUT2D eigenvalue weighted by Crippen LogP contribution is -2.11. The minimum atomic E-state index is 0.0877. The van der Waals surface area contributed by atoms with Gasteiger partial charge in [0.25, 0.3) is 0 Å². The first-order valence-electron chi connectivity index (χ1n) is 6.13. The van der Waals surface area contributed by atoms with Crippen molar-refractivity contribution in [1.82, 2.24) is 19.7 Å². The van der Waals surface area contributed by atoms with E-state index < -0.39 is 0 Å². The van der Waals surface area contributed by atoms with Crippen LogP contribution >= 0.6 is 11.3 Å². The molecule has 0 aliphatic carbocycles. The van der Waals surface area contributed by atoms with Crippen LogP contribution in [0.3, 0.4) is 0 Å². The van der Waals surface area contributed by atoms with E-state index in [1.165, 1.54) is 0 Å². The van der Waals surface area contributed by atoms with Gasteiger partial charge in [-0.2, -0.15) is 0 Å². The van der Waals surface area contributed by atoms with Crippen molar-refractivity contribution in [2.24, 2.45) is 7.05 Å². The van der Waals surface area contributed by atoms with Gasteiger partial charge in [0.1, 0.15) is 10.8 Å². The zero-order chi connectivity index (χ0) is 13.4. The molecule has 1 aromatic carbocycles. The number of nitrogens with zero attached hydrogens (tertiary/aromatic N) is 4. The van der Waals surface area contributed by atoms with E-state index in [1.54, 1.807) is 11.3 Å². The molecule has 2 aromatic heterocycles. The summed E-state index contributed by atoms with van der Waals surface area (Å²) in [4.78, 5) is 4.67. The molecule has 0 bridgehead atoms. The number of aromatic nitrogens is 4. The molecule has 98 valence electrons. The molecule has 1 N–H and O–H groups in total. The van der Waals surface area contributed by atoms with Crippen LogP contribution in [0, 0.1) is 6.92 Å². The summed E-state index contributed by atoms with van der Waals surface area (Å²) in [6, 6.07) is 8.23. The maximum absolute atomic E-state index is 4.67. The van der Waals surface area contributed by atoms with Crippen LogP contribution in [0.4, 0.5) is 5.13 Å². The molecule has 0 saturated carbocycles. The lowest BCUT2D eigenvalue weighted by Gasteiger charge is -2.12. The number of aryl methyl sites for hydroxylation is 2. The molecule has 6 heteroatoms. The normalized spacial score (nSPS) is 12.8. The SMILES string of the molecule is Cc1nnc(NC(C)c2nc3ccccc3n2C)s1. The second-order valence-electron chi connectivity index (χ2n) is 4.51. The predicted octanol–water partition coefficient (Wildman–Crippen LogP) is 2.91. The highest BCUT2D eigenvalue weighted by molar-refractivity contribution is 7.15. The summed E-state index contributed by atoms with van der Waals surface area (Å²) in [5.74, 6) is 0.994. The van der Waals surface area contributed by atoms with Gasteiger partial charge in [-0.1, -0.05) is 23.5 Å². The number of benzene rings is 1. The summed E-state index contributed by atoms with van der Waals surface area (Å²) in [6.45, 7) is 4.03. The maximum atomic E-state index is 4.67. The number of hydrogen-bond donors (Lipinski definition) is 1. The van der Waals surface area contributed by atoms with Gasteiger partial charge in [0, 0.05) is 7.05 Å². The smallest absolute Gasteiger partial charge is 0.206 e. The van der Waals surface area contributed by atoms with Crippen molar-refractivity contribution in [3.05, 3.63) is 35.1 Å². The average molecular weight is 273 g/mol. The number of para-hydroxylation sites is 2. The van der Waals surface area contributed by atoms with Crippen LogP contribution in [0.25, 0.3) is 11.0 Å². The topological polar surface area (TPSA) is 55.6 Å². The van der Waals surface area contributed by atoms with Crippen molar-refractivity contribution in [2.45, 2.75) is 19.9 Å². The predicted molar refractivity (Wildman–Crippen MR) is 77.4 cm³/mol. The van der Waals surface area contributed by atoms with Gasteiger partial charge in [-0.3, -0.25) is 0 Å². The molecule has 3 aromatic rings. The van der Waals surface area contributed by atoms with Crippen molar-refractivity contribution in [2.75, 3.05) is 5.32 Å². The second kappa shape index (κ2) is 4.62. The molecular formula is C13H15N5S. The first-order chi connectivity index (χ1) is 9.15. The van der Waals surface area contributed by atoms with Crippen molar-refractivity contribution >= 4 is 27.5 Å². The Hall–Kier alpha value is -1.95. The Morgan fingerprint density at radius 2 is 2.05 bits per heavy atom. The Balaban J connectivity index is 1.93. The highest BCUT2D eigenvalue weighted by Crippen LogP contribution is 2.24. The van der Waals surface area contributed by atoms with Gasteiger partial charge in [-0.05, 0) is 26.0 Å². The minimum absolute atomic E-state index is 0.0877. The number of nitrogens with one attached hydrogen (secondary N) is 1. The molecular weight excluding hydrogens is 258 g/mol. The third kappa shape index (κ3) is 2.19. The van der Waals surface area contributed by atoms with Crippen molar-refractivity contribution < 1.29 is 0 Å². The van der Waals surface area contributed by atoms with E-state index in [-0.39, 0.29) is 6.04 Å². The standard InChI is InChI=1S/C13H15N5S/c1-8(14-13-17-16-9(2)19-13)12-15-10-6-4-5-7-11(10)18(12)3/h4-8H,1-3H3,(H,14,17). The number of fused-ring (bicyclic) bond motifs is 1. The van der Waals surface area contributed by atoms with Crippen LogP contribution in [-0.4, -0.2) is 19.7 Å². The van der Waals surface area contributed by atoms with Gasteiger partial charge >= 0.3 is 0 Å². The van der Waals surface area contributed by atoms with Gasteiger partial charge in [-0.15, -0.1) is 10.2 Å². The van der Waals surface area contributed by atoms with Gasteiger partial charge in [0.2, 0.25) is 5.13 Å². The highest BCUT2D eigenvalue weighted by Gasteiger charge is 2.15. The van der Waals surface area contributed by atoms with E-state index in [0.717, 1.165) is 27.0 Å². The Kier molecular flexibility index (Phi) is 2.94. The zero-order valence-electron chi connectivity index (χ0n) is 11.1. The van der Waals surface area contributed by atoms with E-state index in [9.17, 15) is 0 Å². The van der Waals surface area contributed by atoms with Crippen LogP contribution in [-0.2, 0) is 7.05 Å².